The molecule has 31 heavy (non-hydrogen) atoms. The Morgan fingerprint density at radius 1 is 1.16 bits per heavy atom. The number of morpholine rings is 1. The summed E-state index contributed by atoms with van der Waals surface area (Å²) >= 11 is 5.09. The number of hydrogen-bond donors (Lipinski definition) is 0. The van der Waals surface area contributed by atoms with Gasteiger partial charge in [-0.3, -0.25) is 14.6 Å². The monoisotopic (exact) mass is 523 g/mol. The lowest BCUT2D eigenvalue weighted by Crippen LogP contribution is -2.39. The average molecular weight is 525 g/mol. The number of halogens is 2. The maximum atomic E-state index is 13.5. The van der Waals surface area contributed by atoms with E-state index in [2.05, 4.69) is 33.8 Å². The Bertz CT molecular complexity index is 1050. The molecule has 2 aromatic carbocycles. The Kier molecular flexibility index (Phi) is 8.47. The van der Waals surface area contributed by atoms with Crippen LogP contribution in [-0.4, -0.2) is 55.2 Å². The molecule has 1 fully saturated rings. The molecule has 0 bridgehead atoms. The number of rotatable bonds is 6. The predicted octanol–water partition coefficient (Wildman–Crippen LogP) is 5.47. The van der Waals surface area contributed by atoms with E-state index in [0.717, 1.165) is 64.7 Å². The molecule has 2 heterocycles. The highest BCUT2D eigenvalue weighted by molar-refractivity contribution is 9.10. The molecule has 0 aliphatic carbocycles. The number of ether oxygens (including phenoxy) is 1. The van der Waals surface area contributed by atoms with Crippen molar-refractivity contribution in [3.05, 3.63) is 57.6 Å². The summed E-state index contributed by atoms with van der Waals surface area (Å²) in [7, 11) is 0. The van der Waals surface area contributed by atoms with Crippen molar-refractivity contribution in [1.29, 1.82) is 0 Å². The first-order valence-electron chi connectivity index (χ1n) is 10.3. The Labute approximate surface area is 201 Å². The lowest BCUT2D eigenvalue weighted by Gasteiger charge is -2.27. The quantitative estimate of drug-likeness (QED) is 0.429. The minimum absolute atomic E-state index is 0. The maximum Gasteiger partial charge on any atom is 0.260 e. The molecule has 166 valence electrons. The zero-order valence-corrected chi connectivity index (χ0v) is 21.0. The first-order chi connectivity index (χ1) is 14.5. The van der Waals surface area contributed by atoms with E-state index in [1.54, 1.807) is 11.3 Å². The molecule has 1 aliphatic rings. The van der Waals surface area contributed by atoms with Gasteiger partial charge in [0.2, 0.25) is 0 Å². The highest BCUT2D eigenvalue weighted by Crippen LogP contribution is 2.32. The standard InChI is InChI=1S/C23H26BrN3O2S.ClH/c1-16-4-5-18(14-17(16)2)22(28)27(9-3-8-26-10-12-29-13-11-26)23-25-20-7-6-19(24)15-21(20)30-23;/h4-7,14-15H,3,8-13H2,1-2H3;1H. The molecule has 1 saturated heterocycles. The summed E-state index contributed by atoms with van der Waals surface area (Å²) < 4.78 is 7.53. The van der Waals surface area contributed by atoms with E-state index in [-0.39, 0.29) is 18.3 Å². The summed E-state index contributed by atoms with van der Waals surface area (Å²) in [6, 6.07) is 12.0. The highest BCUT2D eigenvalue weighted by atomic mass is 79.9. The van der Waals surface area contributed by atoms with Gasteiger partial charge in [-0.1, -0.05) is 33.3 Å². The number of fused-ring (bicyclic) bond motifs is 1. The van der Waals surface area contributed by atoms with E-state index in [9.17, 15) is 4.79 Å². The third-order valence-corrected chi connectivity index (χ3v) is 7.06. The zero-order chi connectivity index (χ0) is 21.1. The molecule has 1 aliphatic heterocycles. The fraction of sp³-hybridized carbons (Fsp3) is 0.391. The van der Waals surface area contributed by atoms with Crippen LogP contribution in [0.25, 0.3) is 10.2 Å². The number of benzene rings is 2. The summed E-state index contributed by atoms with van der Waals surface area (Å²) in [6.45, 7) is 9.20. The van der Waals surface area contributed by atoms with Crippen LogP contribution in [0.2, 0.25) is 0 Å². The molecule has 0 N–H and O–H groups in total. The molecular weight excluding hydrogens is 498 g/mol. The molecule has 5 nitrogen and oxygen atoms in total. The number of aryl methyl sites for hydroxylation is 2. The number of carbonyl (C=O) groups is 1. The van der Waals surface area contributed by atoms with E-state index < -0.39 is 0 Å². The van der Waals surface area contributed by atoms with Gasteiger partial charge in [0.15, 0.2) is 5.13 Å². The minimum atomic E-state index is 0. The molecule has 1 amide bonds. The third kappa shape index (κ3) is 5.84. The lowest BCUT2D eigenvalue weighted by molar-refractivity contribution is 0.0376. The maximum absolute atomic E-state index is 13.5. The molecular formula is C23H27BrClN3O2S. The highest BCUT2D eigenvalue weighted by Gasteiger charge is 2.22. The number of anilines is 1. The average Bonchev–Trinajstić information content (AvgIpc) is 3.16. The molecule has 8 heteroatoms. The van der Waals surface area contributed by atoms with E-state index in [1.165, 1.54) is 5.56 Å². The second kappa shape index (κ2) is 10.9. The Morgan fingerprint density at radius 3 is 2.68 bits per heavy atom. The second-order valence-electron chi connectivity index (χ2n) is 7.67. The minimum Gasteiger partial charge on any atom is -0.379 e. The fourth-order valence-electron chi connectivity index (χ4n) is 3.59. The summed E-state index contributed by atoms with van der Waals surface area (Å²) in [4.78, 5) is 22.5. The van der Waals surface area contributed by atoms with E-state index >= 15 is 0 Å². The van der Waals surface area contributed by atoms with Crippen molar-refractivity contribution in [2.45, 2.75) is 20.3 Å². The van der Waals surface area contributed by atoms with Crippen LogP contribution in [0.4, 0.5) is 5.13 Å². The van der Waals surface area contributed by atoms with Gasteiger partial charge >= 0.3 is 0 Å². The van der Waals surface area contributed by atoms with E-state index in [4.69, 9.17) is 9.72 Å². The van der Waals surface area contributed by atoms with Crippen LogP contribution in [0, 0.1) is 13.8 Å². The Hall–Kier alpha value is -1.51. The first kappa shape index (κ1) is 24.1. The van der Waals surface area contributed by atoms with Crippen LogP contribution in [0.3, 0.4) is 0 Å². The summed E-state index contributed by atoms with van der Waals surface area (Å²) in [5.74, 6) is 0.0122. The number of hydrogen-bond acceptors (Lipinski definition) is 5. The first-order valence-corrected chi connectivity index (χ1v) is 11.9. The van der Waals surface area contributed by atoms with Gasteiger partial charge in [0.25, 0.3) is 5.91 Å². The number of amides is 1. The number of carbonyl (C=O) groups excluding carboxylic acids is 1. The topological polar surface area (TPSA) is 45.7 Å². The SMILES string of the molecule is Cc1ccc(C(=O)N(CCCN2CCOCC2)c2nc3ccc(Br)cc3s2)cc1C.Cl. The number of thiazole rings is 1. The molecule has 0 radical (unpaired) electrons. The van der Waals surface area contributed by atoms with Crippen LogP contribution in [-0.2, 0) is 4.74 Å². The van der Waals surface area contributed by atoms with Crippen LogP contribution in [0.5, 0.6) is 0 Å². The van der Waals surface area contributed by atoms with Gasteiger partial charge < -0.3 is 4.74 Å². The van der Waals surface area contributed by atoms with Gasteiger partial charge in [-0.05, 0) is 61.7 Å². The molecule has 3 aromatic rings. The van der Waals surface area contributed by atoms with Crippen LogP contribution in [0.1, 0.15) is 27.9 Å². The summed E-state index contributed by atoms with van der Waals surface area (Å²) in [5.41, 5.74) is 3.95. The second-order valence-corrected chi connectivity index (χ2v) is 9.60. The van der Waals surface area contributed by atoms with Crippen molar-refractivity contribution >= 4 is 60.9 Å². The van der Waals surface area contributed by atoms with Crippen molar-refractivity contribution in [2.75, 3.05) is 44.3 Å². The van der Waals surface area contributed by atoms with Crippen LogP contribution < -0.4 is 4.90 Å². The van der Waals surface area contributed by atoms with E-state index in [0.29, 0.717) is 12.1 Å². The molecule has 0 unspecified atom stereocenters. The van der Waals surface area contributed by atoms with Crippen molar-refractivity contribution < 1.29 is 9.53 Å². The zero-order valence-electron chi connectivity index (χ0n) is 17.8. The van der Waals surface area contributed by atoms with Crippen molar-refractivity contribution in [1.82, 2.24) is 9.88 Å². The molecule has 0 spiro atoms. The van der Waals surface area contributed by atoms with Gasteiger partial charge in [-0.25, -0.2) is 4.98 Å². The van der Waals surface area contributed by atoms with Crippen molar-refractivity contribution in [3.8, 4) is 0 Å². The number of nitrogens with zero attached hydrogens (tertiary/aromatic N) is 3. The third-order valence-electron chi connectivity index (χ3n) is 5.53. The van der Waals surface area contributed by atoms with Gasteiger partial charge in [-0.15, -0.1) is 12.4 Å². The molecule has 0 saturated carbocycles. The van der Waals surface area contributed by atoms with Gasteiger partial charge in [0.05, 0.1) is 23.4 Å². The summed E-state index contributed by atoms with van der Waals surface area (Å²) in [6.07, 6.45) is 0.899. The largest absolute Gasteiger partial charge is 0.379 e. The fourth-order valence-corrected chi connectivity index (χ4v) is 5.14. The predicted molar refractivity (Wildman–Crippen MR) is 134 cm³/mol. The number of aromatic nitrogens is 1. The molecule has 1 aromatic heterocycles. The molecule has 0 atom stereocenters. The normalized spacial score (nSPS) is 14.4. The van der Waals surface area contributed by atoms with Gasteiger partial charge in [0, 0.05) is 36.2 Å². The lowest BCUT2D eigenvalue weighted by atomic mass is 10.1. The smallest absolute Gasteiger partial charge is 0.260 e. The Balaban J connectivity index is 0.00000272. The van der Waals surface area contributed by atoms with E-state index in [1.807, 2.05) is 42.2 Å². The summed E-state index contributed by atoms with van der Waals surface area (Å²) in [5, 5.41) is 0.758. The Morgan fingerprint density at radius 2 is 1.94 bits per heavy atom. The van der Waals surface area contributed by atoms with Crippen molar-refractivity contribution in [2.24, 2.45) is 0 Å². The van der Waals surface area contributed by atoms with Gasteiger partial charge in [0.1, 0.15) is 0 Å². The van der Waals surface area contributed by atoms with Gasteiger partial charge in [-0.2, -0.15) is 0 Å². The van der Waals surface area contributed by atoms with Crippen LogP contribution >= 0.6 is 39.7 Å². The molecule has 4 rings (SSSR count). The van der Waals surface area contributed by atoms with Crippen LogP contribution in [0.15, 0.2) is 40.9 Å². The van der Waals surface area contributed by atoms with Crippen molar-refractivity contribution in [3.63, 3.8) is 0 Å².